The van der Waals surface area contributed by atoms with Gasteiger partial charge in [0, 0.05) is 18.2 Å². The standard InChI is InChI=1S/C18H22N4O3S/c1-12(14-6-4-3-5-7-14)19-17-10-16(20-13(2)21-17)18(23)22-15-8-9-26(24,25)11-15/h3-7,10,12,15H,8-9,11H2,1-2H3,(H,22,23)(H,19,20,21). The van der Waals surface area contributed by atoms with Crippen LogP contribution in [-0.4, -0.2) is 41.8 Å². The Morgan fingerprint density at radius 2 is 1.96 bits per heavy atom. The predicted molar refractivity (Wildman–Crippen MR) is 99.8 cm³/mol. The van der Waals surface area contributed by atoms with Crippen LogP contribution in [0.15, 0.2) is 36.4 Å². The lowest BCUT2D eigenvalue weighted by molar-refractivity contribution is 0.0935. The SMILES string of the molecule is Cc1nc(NC(C)c2ccccc2)cc(C(=O)NC2CCS(=O)(=O)C2)n1. The molecule has 7 nitrogen and oxygen atoms in total. The van der Waals surface area contributed by atoms with E-state index in [1.54, 1.807) is 13.0 Å². The van der Waals surface area contributed by atoms with E-state index in [2.05, 4.69) is 20.6 Å². The van der Waals surface area contributed by atoms with Gasteiger partial charge in [-0.25, -0.2) is 18.4 Å². The van der Waals surface area contributed by atoms with Crippen LogP contribution in [0, 0.1) is 6.92 Å². The molecule has 1 amide bonds. The van der Waals surface area contributed by atoms with Gasteiger partial charge in [0.25, 0.3) is 5.91 Å². The van der Waals surface area contributed by atoms with Gasteiger partial charge in [0.2, 0.25) is 0 Å². The number of aromatic nitrogens is 2. The maximum absolute atomic E-state index is 12.4. The number of hydrogen-bond donors (Lipinski definition) is 2. The van der Waals surface area contributed by atoms with Crippen molar-refractivity contribution in [1.29, 1.82) is 0 Å². The molecular formula is C18H22N4O3S. The van der Waals surface area contributed by atoms with Crippen molar-refractivity contribution in [2.45, 2.75) is 32.4 Å². The number of nitrogens with one attached hydrogen (secondary N) is 2. The van der Waals surface area contributed by atoms with Crippen molar-refractivity contribution in [3.05, 3.63) is 53.5 Å². The van der Waals surface area contributed by atoms with Crippen molar-refractivity contribution >= 4 is 21.6 Å². The second kappa shape index (κ2) is 7.41. The van der Waals surface area contributed by atoms with Crippen LogP contribution in [0.4, 0.5) is 5.82 Å². The largest absolute Gasteiger partial charge is 0.363 e. The van der Waals surface area contributed by atoms with Crippen LogP contribution in [0.3, 0.4) is 0 Å². The number of carbonyl (C=O) groups excluding carboxylic acids is 1. The van der Waals surface area contributed by atoms with Gasteiger partial charge in [-0.15, -0.1) is 0 Å². The highest BCUT2D eigenvalue weighted by Crippen LogP contribution is 2.18. The van der Waals surface area contributed by atoms with Crippen LogP contribution in [0.2, 0.25) is 0 Å². The van der Waals surface area contributed by atoms with Crippen molar-refractivity contribution < 1.29 is 13.2 Å². The third-order valence-electron chi connectivity index (χ3n) is 4.30. The lowest BCUT2D eigenvalue weighted by atomic mass is 10.1. The first-order valence-corrected chi connectivity index (χ1v) is 10.3. The maximum Gasteiger partial charge on any atom is 0.270 e. The van der Waals surface area contributed by atoms with Gasteiger partial charge in [-0.2, -0.15) is 0 Å². The summed E-state index contributed by atoms with van der Waals surface area (Å²) in [5, 5.41) is 6.03. The van der Waals surface area contributed by atoms with Gasteiger partial charge in [-0.05, 0) is 25.8 Å². The molecule has 1 aromatic heterocycles. The Morgan fingerprint density at radius 1 is 1.23 bits per heavy atom. The number of rotatable bonds is 5. The molecule has 1 aromatic carbocycles. The molecule has 2 N–H and O–H groups in total. The molecule has 1 aliphatic rings. The van der Waals surface area contributed by atoms with Gasteiger partial charge < -0.3 is 10.6 Å². The topological polar surface area (TPSA) is 101 Å². The summed E-state index contributed by atoms with van der Waals surface area (Å²) >= 11 is 0. The highest BCUT2D eigenvalue weighted by Gasteiger charge is 2.29. The minimum absolute atomic E-state index is 0.0149. The Bertz CT molecular complexity index is 900. The van der Waals surface area contributed by atoms with Crippen molar-refractivity contribution in [2.75, 3.05) is 16.8 Å². The Balaban J connectivity index is 1.72. The van der Waals surface area contributed by atoms with E-state index < -0.39 is 9.84 Å². The lowest BCUT2D eigenvalue weighted by Gasteiger charge is -2.16. The van der Waals surface area contributed by atoms with Crippen LogP contribution in [0.5, 0.6) is 0 Å². The summed E-state index contributed by atoms with van der Waals surface area (Å²) in [5.74, 6) is 0.742. The fourth-order valence-electron chi connectivity index (χ4n) is 2.97. The number of nitrogens with zero attached hydrogens (tertiary/aromatic N) is 2. The van der Waals surface area contributed by atoms with Crippen molar-refractivity contribution in [3.8, 4) is 0 Å². The van der Waals surface area contributed by atoms with Gasteiger partial charge in [0.15, 0.2) is 9.84 Å². The van der Waals surface area contributed by atoms with Crippen LogP contribution >= 0.6 is 0 Å². The number of carbonyl (C=O) groups is 1. The average molecular weight is 374 g/mol. The molecule has 138 valence electrons. The van der Waals surface area contributed by atoms with Gasteiger partial charge in [0.1, 0.15) is 17.3 Å². The highest BCUT2D eigenvalue weighted by molar-refractivity contribution is 7.91. The predicted octanol–water partition coefficient (Wildman–Crippen LogP) is 1.88. The third kappa shape index (κ3) is 4.57. The highest BCUT2D eigenvalue weighted by atomic mass is 32.2. The van der Waals surface area contributed by atoms with Crippen LogP contribution in [0.25, 0.3) is 0 Å². The molecule has 1 saturated heterocycles. The molecular weight excluding hydrogens is 352 g/mol. The van der Waals surface area contributed by atoms with E-state index >= 15 is 0 Å². The molecule has 3 rings (SSSR count). The summed E-state index contributed by atoms with van der Waals surface area (Å²) in [7, 11) is -3.05. The Morgan fingerprint density at radius 3 is 2.62 bits per heavy atom. The zero-order valence-corrected chi connectivity index (χ0v) is 15.6. The molecule has 0 spiro atoms. The number of hydrogen-bond acceptors (Lipinski definition) is 6. The number of aryl methyl sites for hydroxylation is 1. The van der Waals surface area contributed by atoms with Gasteiger partial charge >= 0.3 is 0 Å². The molecule has 1 fully saturated rings. The molecule has 0 radical (unpaired) electrons. The molecule has 0 aliphatic carbocycles. The molecule has 26 heavy (non-hydrogen) atoms. The first-order valence-electron chi connectivity index (χ1n) is 8.51. The van der Waals surface area contributed by atoms with Gasteiger partial charge in [-0.3, -0.25) is 4.79 Å². The van der Waals surface area contributed by atoms with Crippen LogP contribution < -0.4 is 10.6 Å². The van der Waals surface area contributed by atoms with E-state index in [9.17, 15) is 13.2 Å². The molecule has 2 aromatic rings. The minimum atomic E-state index is -3.05. The van der Waals surface area contributed by atoms with Crippen molar-refractivity contribution in [1.82, 2.24) is 15.3 Å². The molecule has 2 unspecified atom stereocenters. The summed E-state index contributed by atoms with van der Waals surface area (Å²) in [4.78, 5) is 21.0. The van der Waals surface area contributed by atoms with Gasteiger partial charge in [0.05, 0.1) is 11.5 Å². The summed E-state index contributed by atoms with van der Waals surface area (Å²) in [6.45, 7) is 3.73. The first-order chi connectivity index (χ1) is 12.3. The minimum Gasteiger partial charge on any atom is -0.363 e. The van der Waals surface area contributed by atoms with Crippen LogP contribution in [-0.2, 0) is 9.84 Å². The number of anilines is 1. The Hall–Kier alpha value is -2.48. The molecule has 8 heteroatoms. The Labute approximate surface area is 153 Å². The molecule has 1 aliphatic heterocycles. The van der Waals surface area contributed by atoms with E-state index in [4.69, 9.17) is 0 Å². The second-order valence-corrected chi connectivity index (χ2v) is 8.76. The number of sulfone groups is 1. The summed E-state index contributed by atoms with van der Waals surface area (Å²) in [6, 6.07) is 11.2. The zero-order valence-electron chi connectivity index (χ0n) is 14.8. The Kier molecular flexibility index (Phi) is 5.22. The molecule has 0 saturated carbocycles. The summed E-state index contributed by atoms with van der Waals surface area (Å²) in [6.07, 6.45) is 0.439. The monoisotopic (exact) mass is 374 g/mol. The summed E-state index contributed by atoms with van der Waals surface area (Å²) < 4.78 is 23.1. The van der Waals surface area contributed by atoms with Crippen molar-refractivity contribution in [2.24, 2.45) is 0 Å². The zero-order chi connectivity index (χ0) is 18.7. The van der Waals surface area contributed by atoms with E-state index in [1.807, 2.05) is 37.3 Å². The van der Waals surface area contributed by atoms with E-state index in [0.717, 1.165) is 5.56 Å². The quantitative estimate of drug-likeness (QED) is 0.829. The second-order valence-electron chi connectivity index (χ2n) is 6.54. The van der Waals surface area contributed by atoms with Crippen LogP contribution in [0.1, 0.15) is 41.3 Å². The van der Waals surface area contributed by atoms with E-state index in [-0.39, 0.29) is 35.2 Å². The normalized spacial score (nSPS) is 19.7. The number of amides is 1. The van der Waals surface area contributed by atoms with Crippen molar-refractivity contribution in [3.63, 3.8) is 0 Å². The maximum atomic E-state index is 12.4. The van der Waals surface area contributed by atoms with E-state index in [0.29, 0.717) is 18.1 Å². The first kappa shape index (κ1) is 18.3. The summed E-state index contributed by atoms with van der Waals surface area (Å²) in [5.41, 5.74) is 1.33. The van der Waals surface area contributed by atoms with Gasteiger partial charge in [-0.1, -0.05) is 30.3 Å². The smallest absolute Gasteiger partial charge is 0.270 e. The number of benzene rings is 1. The molecule has 0 bridgehead atoms. The molecule has 2 heterocycles. The fourth-order valence-corrected chi connectivity index (χ4v) is 4.65. The lowest BCUT2D eigenvalue weighted by Crippen LogP contribution is -2.36. The fraction of sp³-hybridized carbons (Fsp3) is 0.389. The average Bonchev–Trinajstić information content (AvgIpc) is 2.93. The molecule has 2 atom stereocenters. The third-order valence-corrected chi connectivity index (χ3v) is 6.07. The van der Waals surface area contributed by atoms with E-state index in [1.165, 1.54) is 0 Å².